The second-order valence-corrected chi connectivity index (χ2v) is 6.23. The zero-order chi connectivity index (χ0) is 17.4. The molecule has 2 heterocycles. The van der Waals surface area contributed by atoms with Crippen LogP contribution in [0.15, 0.2) is 44.7 Å². The Morgan fingerprint density at radius 2 is 1.88 bits per heavy atom. The summed E-state index contributed by atoms with van der Waals surface area (Å²) in [6, 6.07) is 6.99. The molecule has 124 valence electrons. The SMILES string of the molecule is Cn1cnc2c1c(=O)n(CC(=O)Nc1ccc(Br)cc1)c(=O)n2C. The molecule has 24 heavy (non-hydrogen) atoms. The van der Waals surface area contributed by atoms with Gasteiger partial charge in [0.2, 0.25) is 5.91 Å². The largest absolute Gasteiger partial charge is 0.332 e. The van der Waals surface area contributed by atoms with Gasteiger partial charge in [-0.05, 0) is 24.3 Å². The molecule has 0 spiro atoms. The number of hydrogen-bond acceptors (Lipinski definition) is 4. The van der Waals surface area contributed by atoms with Crippen LogP contribution in [-0.2, 0) is 25.4 Å². The molecule has 0 radical (unpaired) electrons. The molecule has 1 amide bonds. The van der Waals surface area contributed by atoms with Crippen molar-refractivity contribution >= 4 is 38.7 Å². The number of anilines is 1. The number of amides is 1. The number of halogens is 1. The minimum atomic E-state index is -0.586. The molecule has 0 aliphatic heterocycles. The van der Waals surface area contributed by atoms with Gasteiger partial charge >= 0.3 is 5.69 Å². The third-order valence-electron chi connectivity index (χ3n) is 3.63. The number of aromatic nitrogens is 4. The number of nitrogens with one attached hydrogen (secondary N) is 1. The van der Waals surface area contributed by atoms with Crippen LogP contribution in [0.25, 0.3) is 11.2 Å². The predicted octanol–water partition coefficient (Wildman–Crippen LogP) is 0.835. The average molecular weight is 392 g/mol. The quantitative estimate of drug-likeness (QED) is 0.715. The van der Waals surface area contributed by atoms with Crippen molar-refractivity contribution in [2.75, 3.05) is 5.32 Å². The van der Waals surface area contributed by atoms with Crippen LogP contribution in [0.4, 0.5) is 5.69 Å². The normalized spacial score (nSPS) is 11.0. The second-order valence-electron chi connectivity index (χ2n) is 5.32. The molecule has 3 rings (SSSR count). The molecule has 9 heteroatoms. The molecule has 3 aromatic rings. The van der Waals surface area contributed by atoms with Gasteiger partial charge in [-0.15, -0.1) is 0 Å². The minimum absolute atomic E-state index is 0.272. The number of benzene rings is 1. The van der Waals surface area contributed by atoms with E-state index in [0.29, 0.717) is 5.69 Å². The molecule has 0 aliphatic carbocycles. The molecule has 0 aliphatic rings. The van der Waals surface area contributed by atoms with Gasteiger partial charge in [0, 0.05) is 24.3 Å². The highest BCUT2D eigenvalue weighted by Crippen LogP contribution is 2.14. The van der Waals surface area contributed by atoms with Crippen molar-refractivity contribution in [1.29, 1.82) is 0 Å². The molecule has 0 saturated heterocycles. The molecular formula is C15H14BrN5O3. The molecular weight excluding hydrogens is 378 g/mol. The van der Waals surface area contributed by atoms with Gasteiger partial charge < -0.3 is 9.88 Å². The van der Waals surface area contributed by atoms with E-state index in [1.165, 1.54) is 22.5 Å². The monoisotopic (exact) mass is 391 g/mol. The Bertz CT molecular complexity index is 1050. The maximum absolute atomic E-state index is 12.5. The first-order valence-electron chi connectivity index (χ1n) is 7.04. The first kappa shape index (κ1) is 16.2. The van der Waals surface area contributed by atoms with Gasteiger partial charge in [0.1, 0.15) is 6.54 Å². The fourth-order valence-corrected chi connectivity index (χ4v) is 2.68. The van der Waals surface area contributed by atoms with Gasteiger partial charge in [-0.3, -0.25) is 14.2 Å². The van der Waals surface area contributed by atoms with E-state index in [4.69, 9.17) is 0 Å². The van der Waals surface area contributed by atoms with E-state index in [9.17, 15) is 14.4 Å². The Morgan fingerprint density at radius 3 is 2.54 bits per heavy atom. The second kappa shape index (κ2) is 6.08. The van der Waals surface area contributed by atoms with Crippen molar-refractivity contribution in [3.05, 3.63) is 55.9 Å². The first-order valence-corrected chi connectivity index (χ1v) is 7.84. The number of aryl methyl sites for hydroxylation is 2. The summed E-state index contributed by atoms with van der Waals surface area (Å²) in [4.78, 5) is 41.1. The van der Waals surface area contributed by atoms with Crippen LogP contribution in [-0.4, -0.2) is 24.6 Å². The van der Waals surface area contributed by atoms with E-state index in [-0.39, 0.29) is 17.7 Å². The Labute approximate surface area is 144 Å². The van der Waals surface area contributed by atoms with Crippen molar-refractivity contribution in [1.82, 2.24) is 18.7 Å². The van der Waals surface area contributed by atoms with E-state index < -0.39 is 17.2 Å². The number of hydrogen-bond donors (Lipinski definition) is 1. The lowest BCUT2D eigenvalue weighted by molar-refractivity contribution is -0.116. The van der Waals surface area contributed by atoms with E-state index in [0.717, 1.165) is 9.04 Å². The highest BCUT2D eigenvalue weighted by molar-refractivity contribution is 9.10. The van der Waals surface area contributed by atoms with Crippen LogP contribution in [0, 0.1) is 0 Å². The van der Waals surface area contributed by atoms with Crippen LogP contribution in [0.1, 0.15) is 0 Å². The van der Waals surface area contributed by atoms with Crippen molar-refractivity contribution in [3.63, 3.8) is 0 Å². The fourth-order valence-electron chi connectivity index (χ4n) is 2.41. The molecule has 2 aromatic heterocycles. The molecule has 0 fully saturated rings. The number of carbonyl (C=O) groups is 1. The van der Waals surface area contributed by atoms with Gasteiger partial charge in [0.25, 0.3) is 5.56 Å². The van der Waals surface area contributed by atoms with Gasteiger partial charge in [-0.25, -0.2) is 14.3 Å². The van der Waals surface area contributed by atoms with E-state index in [2.05, 4.69) is 26.2 Å². The van der Waals surface area contributed by atoms with Crippen LogP contribution >= 0.6 is 15.9 Å². The number of imidazole rings is 1. The van der Waals surface area contributed by atoms with Crippen LogP contribution < -0.4 is 16.6 Å². The summed E-state index contributed by atoms with van der Waals surface area (Å²) in [5.74, 6) is -0.460. The topological polar surface area (TPSA) is 90.9 Å². The predicted molar refractivity (Wildman–Crippen MR) is 93.0 cm³/mol. The lowest BCUT2D eigenvalue weighted by atomic mass is 10.3. The molecule has 0 bridgehead atoms. The molecule has 0 saturated carbocycles. The van der Waals surface area contributed by atoms with Crippen LogP contribution in [0.3, 0.4) is 0 Å². The lowest BCUT2D eigenvalue weighted by Gasteiger charge is -2.09. The van der Waals surface area contributed by atoms with Gasteiger partial charge in [-0.2, -0.15) is 0 Å². The highest BCUT2D eigenvalue weighted by Gasteiger charge is 2.16. The minimum Gasteiger partial charge on any atom is -0.328 e. The standard InChI is InChI=1S/C15H14BrN5O3/c1-19-8-17-13-12(19)14(23)21(15(24)20(13)2)7-11(22)18-10-5-3-9(16)4-6-10/h3-6,8H,7H2,1-2H3,(H,18,22). The third kappa shape index (κ3) is 2.78. The van der Waals surface area contributed by atoms with Crippen molar-refractivity contribution in [3.8, 4) is 0 Å². The van der Waals surface area contributed by atoms with Gasteiger partial charge in [-0.1, -0.05) is 15.9 Å². The number of carbonyl (C=O) groups excluding carboxylic acids is 1. The smallest absolute Gasteiger partial charge is 0.328 e. The Kier molecular flexibility index (Phi) is 4.10. The fraction of sp³-hybridized carbons (Fsp3) is 0.200. The Hall–Kier alpha value is -2.68. The summed E-state index contributed by atoms with van der Waals surface area (Å²) in [5, 5.41) is 2.66. The number of rotatable bonds is 3. The van der Waals surface area contributed by atoms with Gasteiger partial charge in [0.05, 0.1) is 6.33 Å². The number of fused-ring (bicyclic) bond motifs is 1. The molecule has 8 nitrogen and oxygen atoms in total. The first-order chi connectivity index (χ1) is 11.4. The Balaban J connectivity index is 1.96. The summed E-state index contributed by atoms with van der Waals surface area (Å²) in [6.45, 7) is -0.372. The molecule has 1 N–H and O–H groups in total. The van der Waals surface area contributed by atoms with Crippen molar-refractivity contribution in [2.24, 2.45) is 14.1 Å². The van der Waals surface area contributed by atoms with Crippen molar-refractivity contribution < 1.29 is 4.79 Å². The van der Waals surface area contributed by atoms with E-state index >= 15 is 0 Å². The highest BCUT2D eigenvalue weighted by atomic mass is 79.9. The molecule has 0 unspecified atom stereocenters. The zero-order valence-corrected chi connectivity index (χ0v) is 14.6. The Morgan fingerprint density at radius 1 is 1.21 bits per heavy atom. The average Bonchev–Trinajstić information content (AvgIpc) is 2.94. The summed E-state index contributed by atoms with van der Waals surface area (Å²) in [7, 11) is 3.17. The zero-order valence-electron chi connectivity index (χ0n) is 13.0. The van der Waals surface area contributed by atoms with Gasteiger partial charge in [0.15, 0.2) is 11.2 Å². The maximum Gasteiger partial charge on any atom is 0.332 e. The summed E-state index contributed by atoms with van der Waals surface area (Å²) in [6.07, 6.45) is 1.46. The molecule has 0 atom stereocenters. The molecule has 1 aromatic carbocycles. The van der Waals surface area contributed by atoms with Crippen molar-refractivity contribution in [2.45, 2.75) is 6.54 Å². The summed E-state index contributed by atoms with van der Waals surface area (Å²) >= 11 is 3.31. The third-order valence-corrected chi connectivity index (χ3v) is 4.16. The van der Waals surface area contributed by atoms with E-state index in [1.807, 2.05) is 0 Å². The van der Waals surface area contributed by atoms with Crippen LogP contribution in [0.2, 0.25) is 0 Å². The summed E-state index contributed by atoms with van der Waals surface area (Å²) in [5.41, 5.74) is 0.0107. The maximum atomic E-state index is 12.5. The van der Waals surface area contributed by atoms with E-state index in [1.54, 1.807) is 31.3 Å². The lowest BCUT2D eigenvalue weighted by Crippen LogP contribution is -2.42. The van der Waals surface area contributed by atoms with Crippen LogP contribution in [0.5, 0.6) is 0 Å². The summed E-state index contributed by atoms with van der Waals surface area (Å²) < 4.78 is 4.56. The number of nitrogens with zero attached hydrogens (tertiary/aromatic N) is 4.